The van der Waals surface area contributed by atoms with Crippen LogP contribution in [0.15, 0.2) is 29.6 Å². The molecule has 0 spiro atoms. The van der Waals surface area contributed by atoms with Gasteiger partial charge in [-0.1, -0.05) is 31.2 Å². The maximum atomic E-state index is 9.03. The van der Waals surface area contributed by atoms with Crippen LogP contribution in [0.3, 0.4) is 0 Å². The van der Waals surface area contributed by atoms with Gasteiger partial charge in [-0.05, 0) is 18.9 Å². The molecular weight excluding hydrogens is 228 g/mol. The Bertz CT molecular complexity index is 551. The van der Waals surface area contributed by atoms with E-state index in [4.69, 9.17) is 5.26 Å². The Morgan fingerprint density at radius 3 is 2.82 bits per heavy atom. The lowest BCUT2D eigenvalue weighted by Gasteiger charge is -2.02. The van der Waals surface area contributed by atoms with Crippen LogP contribution in [-0.4, -0.2) is 4.98 Å². The van der Waals surface area contributed by atoms with Gasteiger partial charge in [-0.3, -0.25) is 0 Å². The summed E-state index contributed by atoms with van der Waals surface area (Å²) in [6.07, 6.45) is 0.813. The van der Waals surface area contributed by atoms with Crippen molar-refractivity contribution in [1.29, 1.82) is 5.26 Å². The number of benzene rings is 1. The van der Waals surface area contributed by atoms with E-state index in [1.165, 1.54) is 5.56 Å². The first-order valence-corrected chi connectivity index (χ1v) is 6.55. The van der Waals surface area contributed by atoms with Crippen molar-refractivity contribution < 1.29 is 0 Å². The van der Waals surface area contributed by atoms with Crippen molar-refractivity contribution >= 4 is 11.3 Å². The molecule has 3 heteroatoms. The van der Waals surface area contributed by atoms with Crippen molar-refractivity contribution in [3.8, 4) is 16.6 Å². The minimum absolute atomic E-state index is 0.0796. The summed E-state index contributed by atoms with van der Waals surface area (Å²) in [6.45, 7) is 4.10. The second kappa shape index (κ2) is 5.11. The van der Waals surface area contributed by atoms with Crippen molar-refractivity contribution in [3.63, 3.8) is 0 Å². The molecule has 17 heavy (non-hydrogen) atoms. The molecule has 0 aliphatic carbocycles. The smallest absolute Gasteiger partial charge is 0.123 e. The Morgan fingerprint density at radius 2 is 2.18 bits per heavy atom. The van der Waals surface area contributed by atoms with Gasteiger partial charge in [0.05, 0.1) is 17.7 Å². The summed E-state index contributed by atoms with van der Waals surface area (Å²) in [6, 6.07) is 10.5. The SMILES string of the molecule is CCC(C#N)c1csc(-c2ccccc2C)n1. The molecule has 0 N–H and O–H groups in total. The molecule has 2 aromatic rings. The number of aryl methyl sites for hydroxylation is 1. The Labute approximate surface area is 106 Å². The molecule has 1 heterocycles. The van der Waals surface area contributed by atoms with Gasteiger partial charge in [-0.15, -0.1) is 11.3 Å². The lowest BCUT2D eigenvalue weighted by Crippen LogP contribution is -1.93. The van der Waals surface area contributed by atoms with Gasteiger partial charge in [-0.2, -0.15) is 5.26 Å². The first-order chi connectivity index (χ1) is 8.26. The van der Waals surface area contributed by atoms with Crippen LogP contribution in [-0.2, 0) is 0 Å². The normalized spacial score (nSPS) is 12.1. The molecule has 1 aromatic heterocycles. The number of nitrogens with zero attached hydrogens (tertiary/aromatic N) is 2. The predicted molar refractivity (Wildman–Crippen MR) is 70.9 cm³/mol. The number of hydrogen-bond acceptors (Lipinski definition) is 3. The van der Waals surface area contributed by atoms with E-state index >= 15 is 0 Å². The fourth-order valence-corrected chi connectivity index (χ4v) is 2.71. The molecule has 0 fully saturated rings. The lowest BCUT2D eigenvalue weighted by molar-refractivity contribution is 0.795. The zero-order chi connectivity index (χ0) is 12.3. The minimum Gasteiger partial charge on any atom is -0.240 e. The molecule has 1 atom stereocenters. The molecule has 1 unspecified atom stereocenters. The summed E-state index contributed by atoms with van der Waals surface area (Å²) in [4.78, 5) is 4.58. The van der Waals surface area contributed by atoms with Gasteiger partial charge in [0.25, 0.3) is 0 Å². The van der Waals surface area contributed by atoms with Gasteiger partial charge in [-0.25, -0.2) is 4.98 Å². The van der Waals surface area contributed by atoms with E-state index in [1.54, 1.807) is 11.3 Å². The highest BCUT2D eigenvalue weighted by molar-refractivity contribution is 7.13. The van der Waals surface area contributed by atoms with Gasteiger partial charge in [0.15, 0.2) is 0 Å². The van der Waals surface area contributed by atoms with Crippen LogP contribution in [0.5, 0.6) is 0 Å². The molecule has 0 amide bonds. The molecule has 0 radical (unpaired) electrons. The maximum absolute atomic E-state index is 9.03. The fourth-order valence-electron chi connectivity index (χ4n) is 1.75. The van der Waals surface area contributed by atoms with E-state index in [2.05, 4.69) is 30.1 Å². The highest BCUT2D eigenvalue weighted by Gasteiger charge is 2.13. The summed E-state index contributed by atoms with van der Waals surface area (Å²) >= 11 is 1.61. The van der Waals surface area contributed by atoms with E-state index in [0.717, 1.165) is 22.7 Å². The maximum Gasteiger partial charge on any atom is 0.123 e. The fraction of sp³-hybridized carbons (Fsp3) is 0.286. The second-order valence-electron chi connectivity index (χ2n) is 3.98. The summed E-state index contributed by atoms with van der Waals surface area (Å²) in [5, 5.41) is 12.0. The van der Waals surface area contributed by atoms with E-state index in [0.29, 0.717) is 0 Å². The van der Waals surface area contributed by atoms with Crippen LogP contribution in [0, 0.1) is 18.3 Å². The number of aromatic nitrogens is 1. The molecule has 86 valence electrons. The van der Waals surface area contributed by atoms with Crippen molar-refractivity contribution in [2.24, 2.45) is 0 Å². The number of hydrogen-bond donors (Lipinski definition) is 0. The first kappa shape index (κ1) is 11.8. The Hall–Kier alpha value is -1.66. The summed E-state index contributed by atoms with van der Waals surface area (Å²) in [7, 11) is 0. The van der Waals surface area contributed by atoms with Crippen LogP contribution in [0.4, 0.5) is 0 Å². The van der Waals surface area contributed by atoms with Crippen LogP contribution in [0.2, 0.25) is 0 Å². The van der Waals surface area contributed by atoms with Crippen LogP contribution in [0.1, 0.15) is 30.5 Å². The standard InChI is InChI=1S/C14H14N2S/c1-3-11(8-15)13-9-17-14(16-13)12-7-5-4-6-10(12)2/h4-7,9,11H,3H2,1-2H3. The molecule has 0 saturated heterocycles. The van der Waals surface area contributed by atoms with Crippen LogP contribution >= 0.6 is 11.3 Å². The average molecular weight is 242 g/mol. The first-order valence-electron chi connectivity index (χ1n) is 5.67. The van der Waals surface area contributed by atoms with Gasteiger partial charge < -0.3 is 0 Å². The minimum atomic E-state index is -0.0796. The lowest BCUT2D eigenvalue weighted by atomic mass is 10.1. The second-order valence-corrected chi connectivity index (χ2v) is 4.84. The molecular formula is C14H14N2S. The Kier molecular flexibility index (Phi) is 3.55. The molecule has 2 rings (SSSR count). The molecule has 2 nitrogen and oxygen atoms in total. The molecule has 1 aromatic carbocycles. The van der Waals surface area contributed by atoms with E-state index in [9.17, 15) is 0 Å². The van der Waals surface area contributed by atoms with E-state index < -0.39 is 0 Å². The molecule has 0 saturated carbocycles. The third-order valence-corrected chi connectivity index (χ3v) is 3.71. The quantitative estimate of drug-likeness (QED) is 0.811. The zero-order valence-corrected chi connectivity index (χ0v) is 10.8. The van der Waals surface area contributed by atoms with Gasteiger partial charge in [0.2, 0.25) is 0 Å². The Balaban J connectivity index is 2.37. The predicted octanol–water partition coefficient (Wildman–Crippen LogP) is 4.14. The average Bonchev–Trinajstić information content (AvgIpc) is 2.81. The van der Waals surface area contributed by atoms with Gasteiger partial charge in [0.1, 0.15) is 5.01 Å². The summed E-state index contributed by atoms with van der Waals surface area (Å²) < 4.78 is 0. The molecule has 0 aliphatic rings. The third kappa shape index (κ3) is 2.37. The highest BCUT2D eigenvalue weighted by Crippen LogP contribution is 2.29. The van der Waals surface area contributed by atoms with E-state index in [-0.39, 0.29) is 5.92 Å². The van der Waals surface area contributed by atoms with Crippen molar-refractivity contribution in [2.45, 2.75) is 26.2 Å². The number of thiazole rings is 1. The third-order valence-electron chi connectivity index (χ3n) is 2.82. The van der Waals surface area contributed by atoms with Crippen LogP contribution < -0.4 is 0 Å². The van der Waals surface area contributed by atoms with E-state index in [1.807, 2.05) is 24.4 Å². The molecule has 0 aliphatic heterocycles. The number of rotatable bonds is 3. The topological polar surface area (TPSA) is 36.7 Å². The highest BCUT2D eigenvalue weighted by atomic mass is 32.1. The summed E-state index contributed by atoms with van der Waals surface area (Å²) in [5.41, 5.74) is 3.29. The van der Waals surface area contributed by atoms with Crippen molar-refractivity contribution in [2.75, 3.05) is 0 Å². The summed E-state index contributed by atoms with van der Waals surface area (Å²) in [5.74, 6) is -0.0796. The Morgan fingerprint density at radius 1 is 1.41 bits per heavy atom. The van der Waals surface area contributed by atoms with Crippen molar-refractivity contribution in [3.05, 3.63) is 40.9 Å². The largest absolute Gasteiger partial charge is 0.240 e. The molecule has 0 bridgehead atoms. The zero-order valence-electron chi connectivity index (χ0n) is 9.97. The monoisotopic (exact) mass is 242 g/mol. The van der Waals surface area contributed by atoms with Gasteiger partial charge in [0, 0.05) is 10.9 Å². The van der Waals surface area contributed by atoms with Gasteiger partial charge >= 0.3 is 0 Å². The van der Waals surface area contributed by atoms with Crippen molar-refractivity contribution in [1.82, 2.24) is 4.98 Å². The number of nitriles is 1. The van der Waals surface area contributed by atoms with Crippen LogP contribution in [0.25, 0.3) is 10.6 Å².